The first-order valence-electron chi connectivity index (χ1n) is 10.3. The zero-order valence-corrected chi connectivity index (χ0v) is 18.7. The first-order chi connectivity index (χ1) is 15.4. The van der Waals surface area contributed by atoms with E-state index in [4.69, 9.17) is 9.47 Å². The molecular weight excluding hydrogens is 428 g/mol. The largest absolute Gasteiger partial charge is 0.454 e. The Morgan fingerprint density at radius 2 is 1.75 bits per heavy atom. The third-order valence-corrected chi connectivity index (χ3v) is 7.06. The number of amides is 1. The first-order valence-corrected chi connectivity index (χ1v) is 11.7. The fraction of sp³-hybridized carbons (Fsp3) is 0.208. The summed E-state index contributed by atoms with van der Waals surface area (Å²) in [7, 11) is -3.68. The molecule has 7 nitrogen and oxygen atoms in total. The molecule has 0 aliphatic carbocycles. The van der Waals surface area contributed by atoms with Crippen molar-refractivity contribution in [1.29, 1.82) is 0 Å². The van der Waals surface area contributed by atoms with Crippen molar-refractivity contribution in [2.24, 2.45) is 0 Å². The number of rotatable bonds is 7. The van der Waals surface area contributed by atoms with Crippen molar-refractivity contribution in [2.75, 3.05) is 24.0 Å². The average Bonchev–Trinajstić information content (AvgIpc) is 3.25. The second-order valence-electron chi connectivity index (χ2n) is 7.42. The van der Waals surface area contributed by atoms with Gasteiger partial charge in [0.25, 0.3) is 0 Å². The molecule has 32 heavy (non-hydrogen) atoms. The molecule has 8 heteroatoms. The second-order valence-corrected chi connectivity index (χ2v) is 9.34. The number of hydrogen-bond donors (Lipinski definition) is 2. The van der Waals surface area contributed by atoms with Crippen LogP contribution in [-0.2, 0) is 21.1 Å². The highest BCUT2D eigenvalue weighted by molar-refractivity contribution is 7.91. The van der Waals surface area contributed by atoms with E-state index in [9.17, 15) is 13.2 Å². The predicted octanol–water partition coefficient (Wildman–Crippen LogP) is 4.17. The van der Waals surface area contributed by atoms with Gasteiger partial charge in [0.15, 0.2) is 11.5 Å². The quantitative estimate of drug-likeness (QED) is 0.559. The highest BCUT2D eigenvalue weighted by Crippen LogP contribution is 2.34. The molecule has 3 aromatic rings. The summed E-state index contributed by atoms with van der Waals surface area (Å²) < 4.78 is 37.0. The monoisotopic (exact) mass is 452 g/mol. The number of aryl methyl sites for hydroxylation is 1. The standard InChI is InChI=1S/C24H24N2O5S/c1-3-19-20(5-4-6-23(19)32(28,29)18-10-7-16(2)8-11-18)25-14-24(27)26-17-9-12-21-22(13-17)31-15-30-21/h4-13,25H,3,14-15H2,1-2H3,(H,26,27). The maximum atomic E-state index is 13.2. The van der Waals surface area contributed by atoms with Gasteiger partial charge >= 0.3 is 0 Å². The Bertz CT molecular complexity index is 1250. The predicted molar refractivity (Wildman–Crippen MR) is 122 cm³/mol. The summed E-state index contributed by atoms with van der Waals surface area (Å²) in [6.07, 6.45) is 0.493. The van der Waals surface area contributed by atoms with Gasteiger partial charge in [-0.3, -0.25) is 4.79 Å². The van der Waals surface area contributed by atoms with Gasteiger partial charge in [-0.05, 0) is 55.3 Å². The van der Waals surface area contributed by atoms with Gasteiger partial charge in [0.05, 0.1) is 16.3 Å². The SMILES string of the molecule is CCc1c(NCC(=O)Nc2ccc3c(c2)OCO3)cccc1S(=O)(=O)c1ccc(C)cc1. The summed E-state index contributed by atoms with van der Waals surface area (Å²) >= 11 is 0. The molecule has 0 fully saturated rings. The normalized spacial score (nSPS) is 12.4. The van der Waals surface area contributed by atoms with Gasteiger partial charge in [-0.25, -0.2) is 8.42 Å². The van der Waals surface area contributed by atoms with Crippen molar-refractivity contribution in [2.45, 2.75) is 30.1 Å². The Hall–Kier alpha value is -3.52. The number of benzene rings is 3. The minimum Gasteiger partial charge on any atom is -0.454 e. The molecule has 166 valence electrons. The molecule has 0 bridgehead atoms. The van der Waals surface area contributed by atoms with E-state index in [1.165, 1.54) is 0 Å². The Labute approximate surface area is 187 Å². The highest BCUT2D eigenvalue weighted by atomic mass is 32.2. The van der Waals surface area contributed by atoms with Crippen LogP contribution in [0.1, 0.15) is 18.1 Å². The minimum atomic E-state index is -3.68. The lowest BCUT2D eigenvalue weighted by Crippen LogP contribution is -2.22. The van der Waals surface area contributed by atoms with Gasteiger partial charge in [0.2, 0.25) is 22.5 Å². The minimum absolute atomic E-state index is 0.0184. The molecule has 1 heterocycles. The van der Waals surface area contributed by atoms with E-state index in [0.29, 0.717) is 34.9 Å². The number of hydrogen-bond acceptors (Lipinski definition) is 6. The lowest BCUT2D eigenvalue weighted by Gasteiger charge is -2.16. The molecule has 1 amide bonds. The maximum Gasteiger partial charge on any atom is 0.243 e. The van der Waals surface area contributed by atoms with Crippen LogP contribution in [0.15, 0.2) is 70.5 Å². The molecule has 0 unspecified atom stereocenters. The van der Waals surface area contributed by atoms with Crippen molar-refractivity contribution >= 4 is 27.1 Å². The van der Waals surface area contributed by atoms with Gasteiger partial charge in [-0.15, -0.1) is 0 Å². The summed E-state index contributed by atoms with van der Waals surface area (Å²) in [6, 6.07) is 17.0. The van der Waals surface area contributed by atoms with Crippen LogP contribution in [0.5, 0.6) is 11.5 Å². The van der Waals surface area contributed by atoms with Gasteiger partial charge in [-0.2, -0.15) is 0 Å². The second kappa shape index (κ2) is 8.92. The summed E-state index contributed by atoms with van der Waals surface area (Å²) in [4.78, 5) is 12.9. The van der Waals surface area contributed by atoms with Gasteiger partial charge in [0, 0.05) is 17.4 Å². The summed E-state index contributed by atoms with van der Waals surface area (Å²) in [5.74, 6) is 0.955. The zero-order valence-electron chi connectivity index (χ0n) is 17.8. The molecule has 1 aliphatic heterocycles. The lowest BCUT2D eigenvalue weighted by atomic mass is 10.1. The highest BCUT2D eigenvalue weighted by Gasteiger charge is 2.22. The molecule has 0 atom stereocenters. The number of nitrogens with one attached hydrogen (secondary N) is 2. The van der Waals surface area contributed by atoms with Crippen LogP contribution < -0.4 is 20.1 Å². The number of carbonyl (C=O) groups is 1. The number of ether oxygens (including phenoxy) is 2. The average molecular weight is 453 g/mol. The molecule has 0 radical (unpaired) electrons. The number of carbonyl (C=O) groups excluding carboxylic acids is 1. The first kappa shape index (κ1) is 21.7. The van der Waals surface area contributed by atoms with E-state index in [1.807, 2.05) is 13.8 Å². The number of anilines is 2. The van der Waals surface area contributed by atoms with Crippen LogP contribution in [0.4, 0.5) is 11.4 Å². The summed E-state index contributed by atoms with van der Waals surface area (Å²) in [6.45, 7) is 3.94. The molecule has 2 N–H and O–H groups in total. The Morgan fingerprint density at radius 3 is 2.50 bits per heavy atom. The van der Waals surface area contributed by atoms with E-state index in [-0.39, 0.29) is 29.0 Å². The van der Waals surface area contributed by atoms with E-state index in [2.05, 4.69) is 10.6 Å². The van der Waals surface area contributed by atoms with Crippen molar-refractivity contribution in [1.82, 2.24) is 0 Å². The topological polar surface area (TPSA) is 93.7 Å². The Morgan fingerprint density at radius 1 is 1.00 bits per heavy atom. The third kappa shape index (κ3) is 4.40. The zero-order chi connectivity index (χ0) is 22.7. The fourth-order valence-corrected chi connectivity index (χ4v) is 5.13. The maximum absolute atomic E-state index is 13.2. The Kier molecular flexibility index (Phi) is 6.05. The molecule has 0 aromatic heterocycles. The van der Waals surface area contributed by atoms with Crippen molar-refractivity contribution in [3.05, 3.63) is 71.8 Å². The van der Waals surface area contributed by atoms with Crippen LogP contribution in [0, 0.1) is 6.92 Å². The van der Waals surface area contributed by atoms with Crippen molar-refractivity contribution in [3.8, 4) is 11.5 Å². The van der Waals surface area contributed by atoms with Gasteiger partial charge < -0.3 is 20.1 Å². The van der Waals surface area contributed by atoms with Crippen LogP contribution in [0.3, 0.4) is 0 Å². The van der Waals surface area contributed by atoms with Crippen LogP contribution in [0.25, 0.3) is 0 Å². The van der Waals surface area contributed by atoms with Gasteiger partial charge in [-0.1, -0.05) is 30.7 Å². The van der Waals surface area contributed by atoms with E-state index >= 15 is 0 Å². The molecule has 3 aromatic carbocycles. The smallest absolute Gasteiger partial charge is 0.243 e. The van der Waals surface area contributed by atoms with E-state index in [0.717, 1.165) is 5.56 Å². The Balaban J connectivity index is 1.50. The summed E-state index contributed by atoms with van der Waals surface area (Å²) in [5.41, 5.74) is 2.83. The van der Waals surface area contributed by atoms with Crippen molar-refractivity contribution in [3.63, 3.8) is 0 Å². The van der Waals surface area contributed by atoms with Crippen LogP contribution >= 0.6 is 0 Å². The molecule has 0 saturated carbocycles. The lowest BCUT2D eigenvalue weighted by molar-refractivity contribution is -0.114. The number of sulfone groups is 1. The van der Waals surface area contributed by atoms with E-state index in [1.54, 1.807) is 60.7 Å². The van der Waals surface area contributed by atoms with Crippen LogP contribution in [0.2, 0.25) is 0 Å². The molecule has 0 spiro atoms. The van der Waals surface area contributed by atoms with Gasteiger partial charge in [0.1, 0.15) is 0 Å². The van der Waals surface area contributed by atoms with Crippen LogP contribution in [-0.4, -0.2) is 27.7 Å². The third-order valence-electron chi connectivity index (χ3n) is 5.20. The summed E-state index contributed by atoms with van der Waals surface area (Å²) in [5, 5.41) is 5.88. The molecule has 1 aliphatic rings. The molecular formula is C24H24N2O5S. The fourth-order valence-electron chi connectivity index (χ4n) is 3.55. The van der Waals surface area contributed by atoms with E-state index < -0.39 is 9.84 Å². The van der Waals surface area contributed by atoms with Crippen molar-refractivity contribution < 1.29 is 22.7 Å². The molecule has 4 rings (SSSR count). The molecule has 0 saturated heterocycles. The number of fused-ring (bicyclic) bond motifs is 1.